The molecule has 1 aliphatic heterocycles. The molecule has 1 amide bonds. The van der Waals surface area contributed by atoms with E-state index in [1.165, 1.54) is 49.9 Å². The van der Waals surface area contributed by atoms with Crippen LogP contribution in [0.4, 0.5) is 0 Å². The summed E-state index contributed by atoms with van der Waals surface area (Å²) < 4.78 is 5.37. The minimum absolute atomic E-state index is 0.00125. The first-order chi connectivity index (χ1) is 13.8. The predicted octanol–water partition coefficient (Wildman–Crippen LogP) is 4.43. The average molecular weight is 381 g/mol. The quantitative estimate of drug-likeness (QED) is 0.689. The van der Waals surface area contributed by atoms with Gasteiger partial charge in [-0.05, 0) is 68.1 Å². The zero-order chi connectivity index (χ0) is 19.6. The lowest BCUT2D eigenvalue weighted by Gasteiger charge is -2.19. The van der Waals surface area contributed by atoms with Crippen LogP contribution in [0.5, 0.6) is 5.75 Å². The van der Waals surface area contributed by atoms with Crippen molar-refractivity contribution in [3.63, 3.8) is 0 Å². The van der Waals surface area contributed by atoms with Crippen LogP contribution < -0.4 is 10.1 Å². The number of nitrogens with one attached hydrogen (secondary N) is 1. The first-order valence-corrected chi connectivity index (χ1v) is 10.5. The van der Waals surface area contributed by atoms with Crippen molar-refractivity contribution in [2.24, 2.45) is 0 Å². The number of aryl methyl sites for hydroxylation is 1. The zero-order valence-electron chi connectivity index (χ0n) is 17.0. The number of rotatable bonds is 8. The van der Waals surface area contributed by atoms with Crippen LogP contribution in [0.1, 0.15) is 53.6 Å². The van der Waals surface area contributed by atoms with Gasteiger partial charge in [0.15, 0.2) is 0 Å². The molecule has 4 heteroatoms. The first-order valence-electron chi connectivity index (χ1n) is 10.5. The standard InChI is InChI=1S/C24H32N2O2/c1-28-23-11-5-4-9-21(23)10-8-16-25-24(27)22-14-12-20(13-15-22)19-26-17-6-2-3-7-18-26/h4-5,9,11-15H,2-3,6-8,10,16-19H2,1H3,(H,25,27). The summed E-state index contributed by atoms with van der Waals surface area (Å²) in [5.41, 5.74) is 3.20. The second-order valence-corrected chi connectivity index (χ2v) is 7.56. The Bertz CT molecular complexity index is 735. The molecule has 1 aliphatic rings. The lowest BCUT2D eigenvalue weighted by molar-refractivity contribution is 0.0953. The molecule has 2 aromatic rings. The summed E-state index contributed by atoms with van der Waals surface area (Å²) in [6.07, 6.45) is 7.09. The molecule has 0 saturated carbocycles. The molecule has 150 valence electrons. The molecule has 4 nitrogen and oxygen atoms in total. The Morgan fingerprint density at radius 1 is 1.00 bits per heavy atom. The largest absolute Gasteiger partial charge is 0.496 e. The number of hydrogen-bond donors (Lipinski definition) is 1. The number of carbonyl (C=O) groups is 1. The van der Waals surface area contributed by atoms with Crippen LogP contribution in [0.3, 0.4) is 0 Å². The van der Waals surface area contributed by atoms with Crippen molar-refractivity contribution in [1.82, 2.24) is 10.2 Å². The summed E-state index contributed by atoms with van der Waals surface area (Å²) in [6, 6.07) is 16.1. The predicted molar refractivity (Wildman–Crippen MR) is 114 cm³/mol. The van der Waals surface area contributed by atoms with E-state index in [4.69, 9.17) is 4.74 Å². The molecule has 0 unspecified atom stereocenters. The Kier molecular flexibility index (Phi) is 7.92. The Balaban J connectivity index is 1.43. The van der Waals surface area contributed by atoms with Gasteiger partial charge in [-0.1, -0.05) is 43.2 Å². The zero-order valence-corrected chi connectivity index (χ0v) is 17.0. The van der Waals surface area contributed by atoms with Crippen molar-refractivity contribution >= 4 is 5.91 Å². The molecule has 0 aliphatic carbocycles. The van der Waals surface area contributed by atoms with Crippen molar-refractivity contribution in [2.75, 3.05) is 26.7 Å². The van der Waals surface area contributed by atoms with Gasteiger partial charge >= 0.3 is 0 Å². The number of nitrogens with zero attached hydrogens (tertiary/aromatic N) is 1. The normalized spacial score (nSPS) is 15.0. The maximum absolute atomic E-state index is 12.4. The summed E-state index contributed by atoms with van der Waals surface area (Å²) in [6.45, 7) is 4.02. The third-order valence-electron chi connectivity index (χ3n) is 5.42. The molecule has 1 N–H and O–H groups in total. The summed E-state index contributed by atoms with van der Waals surface area (Å²) in [4.78, 5) is 14.9. The molecular weight excluding hydrogens is 348 g/mol. The van der Waals surface area contributed by atoms with Gasteiger partial charge in [-0.3, -0.25) is 9.69 Å². The van der Waals surface area contributed by atoms with Gasteiger partial charge in [-0.15, -0.1) is 0 Å². The monoisotopic (exact) mass is 380 g/mol. The third kappa shape index (κ3) is 6.10. The Hall–Kier alpha value is -2.33. The van der Waals surface area contributed by atoms with Gasteiger partial charge in [0.25, 0.3) is 5.91 Å². The van der Waals surface area contributed by atoms with E-state index < -0.39 is 0 Å². The molecular formula is C24H32N2O2. The molecule has 0 spiro atoms. The van der Waals surface area contributed by atoms with Crippen molar-refractivity contribution in [3.05, 3.63) is 65.2 Å². The van der Waals surface area contributed by atoms with E-state index in [2.05, 4.69) is 28.4 Å². The Morgan fingerprint density at radius 2 is 1.71 bits per heavy atom. The number of ether oxygens (including phenoxy) is 1. The summed E-state index contributed by atoms with van der Waals surface area (Å²) in [5, 5.41) is 3.03. The van der Waals surface area contributed by atoms with Crippen LogP contribution >= 0.6 is 0 Å². The van der Waals surface area contributed by atoms with Crippen LogP contribution in [0.15, 0.2) is 48.5 Å². The van der Waals surface area contributed by atoms with Crippen LogP contribution in [-0.4, -0.2) is 37.6 Å². The summed E-state index contributed by atoms with van der Waals surface area (Å²) in [7, 11) is 1.69. The van der Waals surface area contributed by atoms with E-state index in [0.29, 0.717) is 6.54 Å². The van der Waals surface area contributed by atoms with E-state index >= 15 is 0 Å². The molecule has 0 atom stereocenters. The molecule has 0 aromatic heterocycles. The van der Waals surface area contributed by atoms with Crippen LogP contribution in [0, 0.1) is 0 Å². The van der Waals surface area contributed by atoms with Gasteiger partial charge in [0, 0.05) is 18.7 Å². The van der Waals surface area contributed by atoms with E-state index in [-0.39, 0.29) is 5.91 Å². The van der Waals surface area contributed by atoms with Crippen molar-refractivity contribution in [1.29, 1.82) is 0 Å². The molecule has 28 heavy (non-hydrogen) atoms. The number of hydrogen-bond acceptors (Lipinski definition) is 3. The molecule has 0 bridgehead atoms. The fraction of sp³-hybridized carbons (Fsp3) is 0.458. The molecule has 1 fully saturated rings. The highest BCUT2D eigenvalue weighted by Gasteiger charge is 2.10. The number of para-hydroxylation sites is 1. The maximum Gasteiger partial charge on any atom is 0.251 e. The van der Waals surface area contributed by atoms with Gasteiger partial charge in [-0.25, -0.2) is 0 Å². The number of methoxy groups -OCH3 is 1. The van der Waals surface area contributed by atoms with Gasteiger partial charge in [0.05, 0.1) is 7.11 Å². The molecule has 1 heterocycles. The SMILES string of the molecule is COc1ccccc1CCCNC(=O)c1ccc(CN2CCCCCC2)cc1. The van der Waals surface area contributed by atoms with Crippen molar-refractivity contribution < 1.29 is 9.53 Å². The van der Waals surface area contributed by atoms with Crippen LogP contribution in [-0.2, 0) is 13.0 Å². The maximum atomic E-state index is 12.4. The molecule has 3 rings (SSSR count). The van der Waals surface area contributed by atoms with E-state index in [9.17, 15) is 4.79 Å². The highest BCUT2D eigenvalue weighted by Crippen LogP contribution is 2.18. The van der Waals surface area contributed by atoms with E-state index in [0.717, 1.165) is 30.7 Å². The Morgan fingerprint density at radius 3 is 2.43 bits per heavy atom. The fourth-order valence-corrected chi connectivity index (χ4v) is 3.81. The smallest absolute Gasteiger partial charge is 0.251 e. The average Bonchev–Trinajstić information content (AvgIpc) is 3.00. The van der Waals surface area contributed by atoms with Gasteiger partial charge in [0.2, 0.25) is 0 Å². The number of carbonyl (C=O) groups excluding carboxylic acids is 1. The number of likely N-dealkylation sites (tertiary alicyclic amines) is 1. The van der Waals surface area contributed by atoms with E-state index in [1.54, 1.807) is 7.11 Å². The first kappa shape index (κ1) is 20.4. The number of amides is 1. The van der Waals surface area contributed by atoms with Crippen molar-refractivity contribution in [2.45, 2.75) is 45.1 Å². The van der Waals surface area contributed by atoms with Crippen molar-refractivity contribution in [3.8, 4) is 5.75 Å². The molecule has 0 radical (unpaired) electrons. The lowest BCUT2D eigenvalue weighted by atomic mass is 10.1. The minimum atomic E-state index is 0.00125. The third-order valence-corrected chi connectivity index (χ3v) is 5.42. The van der Waals surface area contributed by atoms with E-state index in [1.807, 2.05) is 30.3 Å². The van der Waals surface area contributed by atoms with Gasteiger partial charge in [-0.2, -0.15) is 0 Å². The van der Waals surface area contributed by atoms with Gasteiger partial charge < -0.3 is 10.1 Å². The van der Waals surface area contributed by atoms with Gasteiger partial charge in [0.1, 0.15) is 5.75 Å². The topological polar surface area (TPSA) is 41.6 Å². The molecule has 1 saturated heterocycles. The number of benzene rings is 2. The lowest BCUT2D eigenvalue weighted by Crippen LogP contribution is -2.25. The van der Waals surface area contributed by atoms with Crippen LogP contribution in [0.2, 0.25) is 0 Å². The Labute approximate surface area is 168 Å². The fourth-order valence-electron chi connectivity index (χ4n) is 3.81. The highest BCUT2D eigenvalue weighted by molar-refractivity contribution is 5.94. The second kappa shape index (κ2) is 10.9. The minimum Gasteiger partial charge on any atom is -0.496 e. The summed E-state index contributed by atoms with van der Waals surface area (Å²) in [5.74, 6) is 0.912. The summed E-state index contributed by atoms with van der Waals surface area (Å²) >= 11 is 0. The van der Waals surface area contributed by atoms with Crippen LogP contribution in [0.25, 0.3) is 0 Å². The second-order valence-electron chi connectivity index (χ2n) is 7.56. The highest BCUT2D eigenvalue weighted by atomic mass is 16.5. The molecule has 2 aromatic carbocycles.